The van der Waals surface area contributed by atoms with Crippen molar-refractivity contribution >= 4 is 14.1 Å². The van der Waals surface area contributed by atoms with Gasteiger partial charge in [0.1, 0.15) is 5.76 Å². The van der Waals surface area contributed by atoms with Crippen LogP contribution in [0.2, 0.25) is 18.1 Å². The Hall–Kier alpha value is -1.02. The van der Waals surface area contributed by atoms with Crippen molar-refractivity contribution in [3.8, 4) is 0 Å². The Morgan fingerprint density at radius 1 is 1.06 bits per heavy atom. The van der Waals surface area contributed by atoms with Crippen molar-refractivity contribution in [2.24, 2.45) is 0 Å². The Kier molecular flexibility index (Phi) is 5.49. The van der Waals surface area contributed by atoms with Crippen LogP contribution in [0, 0.1) is 0 Å². The van der Waals surface area contributed by atoms with Gasteiger partial charge in [-0.1, -0.05) is 51.1 Å². The van der Waals surface area contributed by atoms with Gasteiger partial charge in [-0.25, -0.2) is 0 Å². The third-order valence-electron chi connectivity index (χ3n) is 3.58. The summed E-state index contributed by atoms with van der Waals surface area (Å²) in [5, 5.41) is 0. The second-order valence-corrected chi connectivity index (χ2v) is 9.06. The maximum Gasteiger partial charge on any atom is 0.250 e. The summed E-state index contributed by atoms with van der Waals surface area (Å²) in [5.74, 6) is 1.06. The van der Waals surface area contributed by atoms with Gasteiger partial charge >= 0.3 is 0 Å². The van der Waals surface area contributed by atoms with E-state index in [1.165, 1.54) is 23.7 Å². The van der Waals surface area contributed by atoms with Crippen LogP contribution in [0.4, 0.5) is 0 Å². The molecule has 1 aromatic rings. The highest BCUT2D eigenvalue weighted by atomic mass is 28.4. The molecule has 0 N–H and O–H groups in total. The highest BCUT2D eigenvalue weighted by Crippen LogP contribution is 2.28. The predicted octanol–water partition coefficient (Wildman–Crippen LogP) is 5.07. The number of benzene rings is 1. The van der Waals surface area contributed by atoms with Gasteiger partial charge in [0.2, 0.25) is 8.32 Å². The fourth-order valence-electron chi connectivity index (χ4n) is 2.09. The summed E-state index contributed by atoms with van der Waals surface area (Å²) < 4.78 is 6.42. The van der Waals surface area contributed by atoms with Gasteiger partial charge in [0.15, 0.2) is 0 Å². The van der Waals surface area contributed by atoms with Crippen molar-refractivity contribution in [3.05, 3.63) is 42.0 Å². The molecule has 0 heterocycles. The molecule has 0 aliphatic carbocycles. The Morgan fingerprint density at radius 3 is 2.00 bits per heavy atom. The molecule has 0 aliphatic rings. The average Bonchev–Trinajstić information content (AvgIpc) is 2.42. The first-order valence-electron chi connectivity index (χ1n) is 6.62. The van der Waals surface area contributed by atoms with Crippen LogP contribution < -0.4 is 0 Å². The third-order valence-corrected chi connectivity index (χ3v) is 8.10. The van der Waals surface area contributed by atoms with Gasteiger partial charge in [-0.2, -0.15) is 0 Å². The summed E-state index contributed by atoms with van der Waals surface area (Å²) in [7, 11) is -1.55. The maximum absolute atomic E-state index is 6.42. The summed E-state index contributed by atoms with van der Waals surface area (Å²) >= 11 is 0. The van der Waals surface area contributed by atoms with Crippen LogP contribution >= 0.6 is 0 Å². The summed E-state index contributed by atoms with van der Waals surface area (Å²) in [4.78, 5) is 0. The van der Waals surface area contributed by atoms with Crippen LogP contribution in [0.25, 0.3) is 5.76 Å². The zero-order valence-electron chi connectivity index (χ0n) is 11.5. The molecule has 94 valence electrons. The average molecular weight is 248 g/mol. The zero-order valence-corrected chi connectivity index (χ0v) is 12.5. The largest absolute Gasteiger partial charge is 0.543 e. The fourth-order valence-corrected chi connectivity index (χ4v) is 4.72. The molecule has 0 aromatic heterocycles. The van der Waals surface area contributed by atoms with E-state index in [2.05, 4.69) is 58.0 Å². The van der Waals surface area contributed by atoms with Crippen LogP contribution in [0.15, 0.2) is 36.4 Å². The van der Waals surface area contributed by atoms with E-state index in [-0.39, 0.29) is 0 Å². The van der Waals surface area contributed by atoms with E-state index in [1.54, 1.807) is 0 Å². The van der Waals surface area contributed by atoms with E-state index in [1.807, 2.05) is 6.07 Å². The lowest BCUT2D eigenvalue weighted by Gasteiger charge is -2.30. The molecule has 0 fully saturated rings. The van der Waals surface area contributed by atoms with Gasteiger partial charge in [-0.15, -0.1) is 0 Å². The fraction of sp³-hybridized carbons (Fsp3) is 0.467. The third kappa shape index (κ3) is 3.47. The van der Waals surface area contributed by atoms with E-state index in [4.69, 9.17) is 4.43 Å². The van der Waals surface area contributed by atoms with Gasteiger partial charge in [0.25, 0.3) is 0 Å². The molecule has 0 radical (unpaired) electrons. The van der Waals surface area contributed by atoms with Gasteiger partial charge in [-0.3, -0.25) is 0 Å². The van der Waals surface area contributed by atoms with Crippen LogP contribution in [0.3, 0.4) is 0 Å². The Morgan fingerprint density at radius 2 is 1.59 bits per heavy atom. The van der Waals surface area contributed by atoms with Crippen LogP contribution in [-0.4, -0.2) is 8.32 Å². The molecule has 0 aliphatic heterocycles. The molecule has 0 saturated heterocycles. The molecule has 0 saturated carbocycles. The minimum Gasteiger partial charge on any atom is -0.543 e. The highest BCUT2D eigenvalue weighted by molar-refractivity contribution is 6.74. The molecule has 1 nitrogen and oxygen atoms in total. The standard InChI is InChI=1S/C15H24OSi/c1-5-15(14-12-10-9-11-13-14)16-17(6-2,7-3)8-4/h5,9-13H,6-8H2,1-4H3. The maximum atomic E-state index is 6.42. The van der Waals surface area contributed by atoms with E-state index in [0.717, 1.165) is 5.76 Å². The van der Waals surface area contributed by atoms with Crippen molar-refractivity contribution in [2.75, 3.05) is 0 Å². The normalized spacial score (nSPS) is 12.6. The highest BCUT2D eigenvalue weighted by Gasteiger charge is 2.31. The lowest BCUT2D eigenvalue weighted by atomic mass is 10.2. The van der Waals surface area contributed by atoms with Crippen molar-refractivity contribution in [1.29, 1.82) is 0 Å². The summed E-state index contributed by atoms with van der Waals surface area (Å²) in [6.07, 6.45) is 2.10. The minimum absolute atomic E-state index is 1.06. The second-order valence-electron chi connectivity index (χ2n) is 4.36. The molecular weight excluding hydrogens is 224 g/mol. The molecule has 0 bridgehead atoms. The van der Waals surface area contributed by atoms with Crippen molar-refractivity contribution in [2.45, 2.75) is 45.8 Å². The minimum atomic E-state index is -1.55. The van der Waals surface area contributed by atoms with Crippen molar-refractivity contribution in [1.82, 2.24) is 0 Å². The second kappa shape index (κ2) is 6.65. The van der Waals surface area contributed by atoms with E-state index in [0.29, 0.717) is 0 Å². The molecule has 1 aromatic carbocycles. The monoisotopic (exact) mass is 248 g/mol. The quantitative estimate of drug-likeness (QED) is 0.504. The first kappa shape index (κ1) is 14.0. The van der Waals surface area contributed by atoms with Crippen molar-refractivity contribution < 1.29 is 4.43 Å². The zero-order chi connectivity index (χ0) is 12.7. The predicted molar refractivity (Wildman–Crippen MR) is 78.4 cm³/mol. The Labute approximate surface area is 107 Å². The number of hydrogen-bond donors (Lipinski definition) is 0. The molecule has 0 unspecified atom stereocenters. The molecular formula is C15H24OSi. The van der Waals surface area contributed by atoms with Crippen LogP contribution in [0.5, 0.6) is 0 Å². The lowest BCUT2D eigenvalue weighted by molar-refractivity contribution is 0.490. The van der Waals surface area contributed by atoms with E-state index in [9.17, 15) is 0 Å². The molecule has 1 rings (SSSR count). The van der Waals surface area contributed by atoms with Crippen LogP contribution in [0.1, 0.15) is 33.3 Å². The van der Waals surface area contributed by atoms with Crippen LogP contribution in [-0.2, 0) is 4.43 Å². The summed E-state index contributed by atoms with van der Waals surface area (Å²) in [6, 6.07) is 14.0. The van der Waals surface area contributed by atoms with Gasteiger partial charge in [0.05, 0.1) is 0 Å². The SMILES string of the molecule is CC=C(O[Si](CC)(CC)CC)c1ccccc1. The number of rotatable bonds is 6. The number of allylic oxidation sites excluding steroid dienone is 1. The summed E-state index contributed by atoms with van der Waals surface area (Å²) in [5.41, 5.74) is 1.20. The van der Waals surface area contributed by atoms with Gasteiger partial charge in [0, 0.05) is 5.56 Å². The Balaban J connectivity index is 2.91. The topological polar surface area (TPSA) is 9.23 Å². The molecule has 0 atom stereocenters. The van der Waals surface area contributed by atoms with Crippen molar-refractivity contribution in [3.63, 3.8) is 0 Å². The molecule has 2 heteroatoms. The van der Waals surface area contributed by atoms with E-state index >= 15 is 0 Å². The smallest absolute Gasteiger partial charge is 0.250 e. The molecule has 0 amide bonds. The first-order valence-corrected chi connectivity index (χ1v) is 9.15. The summed E-state index contributed by atoms with van der Waals surface area (Å²) in [6.45, 7) is 8.84. The van der Waals surface area contributed by atoms with Gasteiger partial charge in [-0.05, 0) is 31.1 Å². The van der Waals surface area contributed by atoms with E-state index < -0.39 is 8.32 Å². The van der Waals surface area contributed by atoms with Gasteiger partial charge < -0.3 is 4.43 Å². The first-order chi connectivity index (χ1) is 8.21. The Bertz CT molecular complexity index is 344. The molecule has 0 spiro atoms. The molecule has 17 heavy (non-hydrogen) atoms. The lowest BCUT2D eigenvalue weighted by Crippen LogP contribution is -2.35. The number of hydrogen-bond acceptors (Lipinski definition) is 1.